The van der Waals surface area contributed by atoms with E-state index in [2.05, 4.69) is 16.7 Å². The predicted octanol–water partition coefficient (Wildman–Crippen LogP) is 2.65. The van der Waals surface area contributed by atoms with Crippen molar-refractivity contribution in [2.24, 2.45) is 0 Å². The molecule has 168 valence electrons. The number of nitrogens with zero attached hydrogens (tertiary/aromatic N) is 1. The number of carbonyl (C=O) groups is 3. The molecule has 0 bridgehead atoms. The average Bonchev–Trinajstić information content (AvgIpc) is 3.25. The summed E-state index contributed by atoms with van der Waals surface area (Å²) in [6.45, 7) is 2.41. The Morgan fingerprint density at radius 1 is 1.06 bits per heavy atom. The molecule has 7 heteroatoms. The van der Waals surface area contributed by atoms with Crippen LogP contribution in [-0.4, -0.2) is 54.9 Å². The van der Waals surface area contributed by atoms with Gasteiger partial charge < -0.3 is 20.3 Å². The monoisotopic (exact) mass is 443 g/mol. The predicted molar refractivity (Wildman–Crippen MR) is 125 cm³/mol. The fourth-order valence-electron chi connectivity index (χ4n) is 4.92. The summed E-state index contributed by atoms with van der Waals surface area (Å²) in [6, 6.07) is 16.9. The van der Waals surface area contributed by atoms with Crippen LogP contribution in [0.25, 0.3) is 21.9 Å². The van der Waals surface area contributed by atoms with Crippen molar-refractivity contribution in [3.05, 3.63) is 65.7 Å². The van der Waals surface area contributed by atoms with Crippen LogP contribution in [0, 0.1) is 6.92 Å². The van der Waals surface area contributed by atoms with Crippen molar-refractivity contribution in [2.45, 2.75) is 25.4 Å². The van der Waals surface area contributed by atoms with Gasteiger partial charge in [0.1, 0.15) is 11.8 Å². The minimum absolute atomic E-state index is 0.0207. The average molecular weight is 444 g/mol. The smallest absolute Gasteiger partial charge is 0.252 e. The minimum Gasteiger partial charge on any atom is -0.497 e. The number of benzene rings is 3. The zero-order chi connectivity index (χ0) is 23.1. The fourth-order valence-corrected chi connectivity index (χ4v) is 4.92. The summed E-state index contributed by atoms with van der Waals surface area (Å²) in [5.74, 6) is 0.329. The van der Waals surface area contributed by atoms with Gasteiger partial charge in [-0.15, -0.1) is 0 Å². The third-order valence-corrected chi connectivity index (χ3v) is 6.56. The summed E-state index contributed by atoms with van der Waals surface area (Å²) in [6.07, 6.45) is 0.421. The molecule has 2 saturated heterocycles. The number of carbonyl (C=O) groups excluding carboxylic acids is 3. The maximum absolute atomic E-state index is 13.2. The van der Waals surface area contributed by atoms with Crippen molar-refractivity contribution in [1.82, 2.24) is 15.5 Å². The number of fused-ring (bicyclic) bond motifs is 2. The topological polar surface area (TPSA) is 87.7 Å². The summed E-state index contributed by atoms with van der Waals surface area (Å²) >= 11 is 0. The minimum atomic E-state index is -0.506. The van der Waals surface area contributed by atoms with Gasteiger partial charge >= 0.3 is 0 Å². The number of hydrogen-bond donors (Lipinski definition) is 2. The highest BCUT2D eigenvalue weighted by atomic mass is 16.5. The Balaban J connectivity index is 1.45. The van der Waals surface area contributed by atoms with Gasteiger partial charge in [-0.2, -0.15) is 0 Å². The van der Waals surface area contributed by atoms with E-state index in [4.69, 9.17) is 4.74 Å². The molecule has 2 aliphatic heterocycles. The van der Waals surface area contributed by atoms with Crippen LogP contribution in [0.2, 0.25) is 0 Å². The van der Waals surface area contributed by atoms with Crippen molar-refractivity contribution >= 4 is 28.5 Å². The highest BCUT2D eigenvalue weighted by Crippen LogP contribution is 2.34. The third-order valence-electron chi connectivity index (χ3n) is 6.56. The molecule has 3 amide bonds. The zero-order valence-corrected chi connectivity index (χ0v) is 18.6. The molecule has 0 saturated carbocycles. The number of amides is 3. The van der Waals surface area contributed by atoms with Crippen molar-refractivity contribution in [1.29, 1.82) is 0 Å². The molecule has 0 radical (unpaired) electrons. The van der Waals surface area contributed by atoms with E-state index >= 15 is 0 Å². The van der Waals surface area contributed by atoms with Crippen LogP contribution in [0.5, 0.6) is 5.75 Å². The SMILES string of the molecule is COc1ccc(-c2cccc3c(C(=O)N[C@H]4C[C@H]5C(=O)NCC(=O)N5C4)cccc23)c(C)c1. The molecule has 0 unspecified atom stereocenters. The Morgan fingerprint density at radius 2 is 1.85 bits per heavy atom. The van der Waals surface area contributed by atoms with Gasteiger partial charge in [0.2, 0.25) is 11.8 Å². The Hall–Kier alpha value is -3.87. The van der Waals surface area contributed by atoms with Gasteiger partial charge in [-0.1, -0.05) is 36.4 Å². The Kier molecular flexibility index (Phi) is 5.24. The molecule has 2 fully saturated rings. The van der Waals surface area contributed by atoms with E-state index < -0.39 is 6.04 Å². The molecular formula is C26H25N3O4. The van der Waals surface area contributed by atoms with E-state index in [1.807, 2.05) is 55.5 Å². The Bertz CT molecular complexity index is 1260. The first kappa shape index (κ1) is 21.0. The van der Waals surface area contributed by atoms with Crippen molar-refractivity contribution in [3.8, 4) is 16.9 Å². The van der Waals surface area contributed by atoms with Crippen LogP contribution in [0.15, 0.2) is 54.6 Å². The van der Waals surface area contributed by atoms with Crippen LogP contribution >= 0.6 is 0 Å². The number of piperazine rings is 1. The molecular weight excluding hydrogens is 418 g/mol. The highest BCUT2D eigenvalue weighted by molar-refractivity contribution is 6.10. The lowest BCUT2D eigenvalue weighted by atomic mass is 9.93. The van der Waals surface area contributed by atoms with Gasteiger partial charge in [0.25, 0.3) is 5.91 Å². The number of methoxy groups -OCH3 is 1. The van der Waals surface area contributed by atoms with Crippen molar-refractivity contribution in [3.63, 3.8) is 0 Å². The highest BCUT2D eigenvalue weighted by Gasteiger charge is 2.42. The lowest BCUT2D eigenvalue weighted by molar-refractivity contribution is -0.143. The van der Waals surface area contributed by atoms with Crippen LogP contribution in [0.3, 0.4) is 0 Å². The molecule has 0 aliphatic carbocycles. The maximum Gasteiger partial charge on any atom is 0.252 e. The number of rotatable bonds is 4. The molecule has 2 aliphatic rings. The van der Waals surface area contributed by atoms with Crippen LogP contribution < -0.4 is 15.4 Å². The van der Waals surface area contributed by atoms with Crippen LogP contribution in [0.4, 0.5) is 0 Å². The molecule has 2 N–H and O–H groups in total. The fraction of sp³-hybridized carbons (Fsp3) is 0.269. The lowest BCUT2D eigenvalue weighted by Crippen LogP contribution is -2.55. The van der Waals surface area contributed by atoms with E-state index in [-0.39, 0.29) is 30.3 Å². The molecule has 33 heavy (non-hydrogen) atoms. The van der Waals surface area contributed by atoms with E-state index in [0.717, 1.165) is 33.2 Å². The van der Waals surface area contributed by atoms with E-state index in [1.165, 1.54) is 0 Å². The van der Waals surface area contributed by atoms with Gasteiger partial charge in [0.05, 0.1) is 13.7 Å². The van der Waals surface area contributed by atoms with Gasteiger partial charge in [0, 0.05) is 18.2 Å². The Labute approximate surface area is 191 Å². The molecule has 2 atom stereocenters. The van der Waals surface area contributed by atoms with Gasteiger partial charge in [-0.25, -0.2) is 0 Å². The lowest BCUT2D eigenvalue weighted by Gasteiger charge is -2.28. The molecule has 3 aromatic carbocycles. The summed E-state index contributed by atoms with van der Waals surface area (Å²) in [7, 11) is 1.65. The summed E-state index contributed by atoms with van der Waals surface area (Å²) in [5, 5.41) is 7.49. The van der Waals surface area contributed by atoms with Crippen LogP contribution in [-0.2, 0) is 9.59 Å². The molecule has 0 spiro atoms. The number of nitrogens with one attached hydrogen (secondary N) is 2. The normalized spacial score (nSPS) is 19.9. The maximum atomic E-state index is 13.2. The number of hydrogen-bond acceptors (Lipinski definition) is 4. The largest absolute Gasteiger partial charge is 0.497 e. The quantitative estimate of drug-likeness (QED) is 0.649. The van der Waals surface area contributed by atoms with Crippen molar-refractivity contribution in [2.75, 3.05) is 20.2 Å². The van der Waals surface area contributed by atoms with Gasteiger partial charge in [-0.05, 0) is 59.0 Å². The molecule has 7 nitrogen and oxygen atoms in total. The second kappa shape index (κ2) is 8.24. The first-order chi connectivity index (χ1) is 16.0. The first-order valence-electron chi connectivity index (χ1n) is 11.0. The standard InChI is InChI=1S/C26H25N3O4/c1-15-11-17(33-2)9-10-18(15)19-5-3-7-21-20(19)6-4-8-22(21)25(31)28-16-12-23-26(32)27-13-24(30)29(23)14-16/h3-11,16,23H,12-14H2,1-2H3,(H,27,32)(H,28,31)/t16-,23-/m0/s1. The molecule has 3 aromatic rings. The number of aryl methyl sites for hydroxylation is 1. The second-order valence-electron chi connectivity index (χ2n) is 8.57. The van der Waals surface area contributed by atoms with E-state index in [0.29, 0.717) is 18.5 Å². The van der Waals surface area contributed by atoms with Gasteiger partial charge in [0.15, 0.2) is 0 Å². The summed E-state index contributed by atoms with van der Waals surface area (Å²) in [4.78, 5) is 39.1. The molecule has 0 aromatic heterocycles. The molecule has 5 rings (SSSR count). The van der Waals surface area contributed by atoms with Crippen LogP contribution in [0.1, 0.15) is 22.3 Å². The second-order valence-corrected chi connectivity index (χ2v) is 8.57. The van der Waals surface area contributed by atoms with Gasteiger partial charge in [-0.3, -0.25) is 14.4 Å². The Morgan fingerprint density at radius 3 is 2.61 bits per heavy atom. The van der Waals surface area contributed by atoms with Crippen molar-refractivity contribution < 1.29 is 19.1 Å². The van der Waals surface area contributed by atoms with E-state index in [1.54, 1.807) is 12.0 Å². The number of ether oxygens (including phenoxy) is 1. The van der Waals surface area contributed by atoms with E-state index in [9.17, 15) is 14.4 Å². The first-order valence-corrected chi connectivity index (χ1v) is 11.0. The zero-order valence-electron chi connectivity index (χ0n) is 18.6. The molecule has 2 heterocycles. The summed E-state index contributed by atoms with van der Waals surface area (Å²) < 4.78 is 5.33. The summed E-state index contributed by atoms with van der Waals surface area (Å²) in [5.41, 5.74) is 3.78. The third kappa shape index (κ3) is 3.69.